The molecule has 0 saturated carbocycles. The number of rotatable bonds is 8. The molecule has 8 heteroatoms. The van der Waals surface area contributed by atoms with Crippen molar-refractivity contribution >= 4 is 39.7 Å². The lowest BCUT2D eigenvalue weighted by molar-refractivity contribution is 0.296. The first-order valence-corrected chi connectivity index (χ1v) is 13.0. The summed E-state index contributed by atoms with van der Waals surface area (Å²) in [5, 5.41) is 6.71. The minimum atomic E-state index is 0.607. The van der Waals surface area contributed by atoms with Gasteiger partial charge in [-0.1, -0.05) is 13.8 Å². The molecule has 1 aromatic carbocycles. The smallest absolute Gasteiger partial charge is 0.229 e. The second-order valence-corrected chi connectivity index (χ2v) is 9.79. The van der Waals surface area contributed by atoms with Crippen molar-refractivity contribution in [1.82, 2.24) is 24.8 Å². The van der Waals surface area contributed by atoms with Crippen molar-refractivity contribution in [2.75, 3.05) is 56.5 Å². The Labute approximate surface area is 205 Å². The second-order valence-electron chi connectivity index (χ2n) is 8.88. The number of benzene rings is 1. The SMILES string of the molecule is CCN(CC)Cc1csc(-c2nc(Nc3ccc(N4CCN(C)CC4)cc3)nc3[nH]ccc23)c1. The molecule has 4 aromatic rings. The van der Waals surface area contributed by atoms with Crippen molar-refractivity contribution in [3.05, 3.63) is 53.5 Å². The Bertz CT molecular complexity index is 1220. The molecule has 5 rings (SSSR count). The fourth-order valence-electron chi connectivity index (χ4n) is 4.42. The lowest BCUT2D eigenvalue weighted by Gasteiger charge is -2.34. The zero-order chi connectivity index (χ0) is 23.5. The summed E-state index contributed by atoms with van der Waals surface area (Å²) in [5.41, 5.74) is 5.40. The lowest BCUT2D eigenvalue weighted by Crippen LogP contribution is -2.44. The number of likely N-dealkylation sites (N-methyl/N-ethyl adjacent to an activating group) is 1. The first-order chi connectivity index (χ1) is 16.6. The highest BCUT2D eigenvalue weighted by atomic mass is 32.1. The highest BCUT2D eigenvalue weighted by molar-refractivity contribution is 7.13. The number of nitrogens with zero attached hydrogens (tertiary/aromatic N) is 5. The summed E-state index contributed by atoms with van der Waals surface area (Å²) < 4.78 is 0. The van der Waals surface area contributed by atoms with Gasteiger partial charge in [0.2, 0.25) is 5.95 Å². The highest BCUT2D eigenvalue weighted by Gasteiger charge is 2.16. The van der Waals surface area contributed by atoms with E-state index in [-0.39, 0.29) is 0 Å². The van der Waals surface area contributed by atoms with Crippen molar-refractivity contribution in [3.63, 3.8) is 0 Å². The monoisotopic (exact) mass is 475 g/mol. The van der Waals surface area contributed by atoms with Gasteiger partial charge < -0.3 is 20.1 Å². The first kappa shape index (κ1) is 22.8. The Morgan fingerprint density at radius 1 is 1.03 bits per heavy atom. The molecule has 0 bridgehead atoms. The molecule has 1 fully saturated rings. The summed E-state index contributed by atoms with van der Waals surface area (Å²) in [5.74, 6) is 0.607. The molecule has 1 aliphatic rings. The van der Waals surface area contributed by atoms with E-state index >= 15 is 0 Å². The largest absolute Gasteiger partial charge is 0.369 e. The number of nitrogens with one attached hydrogen (secondary N) is 2. The van der Waals surface area contributed by atoms with Crippen molar-refractivity contribution in [1.29, 1.82) is 0 Å². The third kappa shape index (κ3) is 4.94. The molecule has 178 valence electrons. The van der Waals surface area contributed by atoms with Crippen LogP contribution < -0.4 is 10.2 Å². The van der Waals surface area contributed by atoms with Gasteiger partial charge in [-0.3, -0.25) is 4.90 Å². The van der Waals surface area contributed by atoms with E-state index < -0.39 is 0 Å². The number of anilines is 3. The van der Waals surface area contributed by atoms with E-state index in [0.717, 1.165) is 68.2 Å². The summed E-state index contributed by atoms with van der Waals surface area (Å²) in [6.07, 6.45) is 1.93. The summed E-state index contributed by atoms with van der Waals surface area (Å²) in [7, 11) is 2.18. The third-order valence-electron chi connectivity index (χ3n) is 6.60. The van der Waals surface area contributed by atoms with Crippen LogP contribution in [0.25, 0.3) is 21.6 Å². The summed E-state index contributed by atoms with van der Waals surface area (Å²) in [6, 6.07) is 12.9. The molecule has 34 heavy (non-hydrogen) atoms. The maximum absolute atomic E-state index is 4.93. The predicted molar refractivity (Wildman–Crippen MR) is 143 cm³/mol. The van der Waals surface area contributed by atoms with Crippen LogP contribution in [0.5, 0.6) is 0 Å². The molecule has 3 aromatic heterocycles. The zero-order valence-electron chi connectivity index (χ0n) is 20.2. The number of thiophene rings is 1. The van der Waals surface area contributed by atoms with E-state index in [2.05, 4.69) is 87.7 Å². The van der Waals surface area contributed by atoms with Crippen LogP contribution >= 0.6 is 11.3 Å². The minimum Gasteiger partial charge on any atom is -0.369 e. The number of aromatic nitrogens is 3. The number of piperazine rings is 1. The summed E-state index contributed by atoms with van der Waals surface area (Å²) in [6.45, 7) is 11.8. The molecule has 0 spiro atoms. The first-order valence-electron chi connectivity index (χ1n) is 12.1. The number of aromatic amines is 1. The number of H-pyrrole nitrogens is 1. The topological polar surface area (TPSA) is 63.3 Å². The van der Waals surface area contributed by atoms with Crippen molar-refractivity contribution in [3.8, 4) is 10.6 Å². The molecule has 0 unspecified atom stereocenters. The predicted octanol–water partition coefficient (Wildman–Crippen LogP) is 5.02. The number of fused-ring (bicyclic) bond motifs is 1. The van der Waals surface area contributed by atoms with Gasteiger partial charge in [-0.2, -0.15) is 4.98 Å². The molecule has 7 nitrogen and oxygen atoms in total. The third-order valence-corrected chi connectivity index (χ3v) is 7.58. The van der Waals surface area contributed by atoms with Crippen LogP contribution in [0.2, 0.25) is 0 Å². The van der Waals surface area contributed by atoms with Gasteiger partial charge in [0, 0.05) is 55.7 Å². The van der Waals surface area contributed by atoms with Gasteiger partial charge in [0.05, 0.1) is 10.6 Å². The standard InChI is InChI=1S/C26H33N7S/c1-4-32(5-2)17-19-16-23(34-18-19)24-22-10-11-27-25(22)30-26(29-24)28-20-6-8-21(9-7-20)33-14-12-31(3)13-15-33/h6-11,16,18H,4-5,12-15,17H2,1-3H3,(H2,27,28,29,30). The normalized spacial score (nSPS) is 14.9. The Kier molecular flexibility index (Phi) is 6.80. The molecule has 1 aliphatic heterocycles. The summed E-state index contributed by atoms with van der Waals surface area (Å²) >= 11 is 1.75. The van der Waals surface area contributed by atoms with Gasteiger partial charge in [0.15, 0.2) is 0 Å². The van der Waals surface area contributed by atoms with Crippen LogP contribution in [0.4, 0.5) is 17.3 Å². The Hall–Kier alpha value is -2.94. The fraction of sp³-hybridized carbons (Fsp3) is 0.385. The van der Waals surface area contributed by atoms with Crippen molar-refractivity contribution in [2.24, 2.45) is 0 Å². The number of hydrogen-bond donors (Lipinski definition) is 2. The zero-order valence-corrected chi connectivity index (χ0v) is 21.0. The van der Waals surface area contributed by atoms with Crippen LogP contribution in [0.1, 0.15) is 19.4 Å². The van der Waals surface area contributed by atoms with Crippen molar-refractivity contribution < 1.29 is 0 Å². The quantitative estimate of drug-likeness (QED) is 0.373. The maximum atomic E-state index is 4.93. The summed E-state index contributed by atoms with van der Waals surface area (Å²) in [4.78, 5) is 21.3. The average Bonchev–Trinajstić information content (AvgIpc) is 3.53. The van der Waals surface area contributed by atoms with Gasteiger partial charge in [0.25, 0.3) is 0 Å². The molecule has 1 saturated heterocycles. The molecule has 0 radical (unpaired) electrons. The van der Waals surface area contributed by atoms with Gasteiger partial charge >= 0.3 is 0 Å². The van der Waals surface area contributed by atoms with Crippen LogP contribution in [0.3, 0.4) is 0 Å². The van der Waals surface area contributed by atoms with E-state index in [1.54, 1.807) is 11.3 Å². The molecule has 0 atom stereocenters. The maximum Gasteiger partial charge on any atom is 0.229 e. The van der Waals surface area contributed by atoms with Gasteiger partial charge in [-0.05, 0) is 67.5 Å². The molecule has 4 heterocycles. The lowest BCUT2D eigenvalue weighted by atomic mass is 10.2. The Balaban J connectivity index is 1.36. The fourth-order valence-corrected chi connectivity index (χ4v) is 5.33. The van der Waals surface area contributed by atoms with Gasteiger partial charge in [-0.25, -0.2) is 4.98 Å². The van der Waals surface area contributed by atoms with E-state index in [9.17, 15) is 0 Å². The van der Waals surface area contributed by atoms with Crippen LogP contribution in [-0.4, -0.2) is 71.1 Å². The van der Waals surface area contributed by atoms with Gasteiger partial charge in [0.1, 0.15) is 5.65 Å². The van der Waals surface area contributed by atoms with E-state index in [1.807, 2.05) is 6.20 Å². The molecule has 0 amide bonds. The number of hydrogen-bond acceptors (Lipinski definition) is 7. The van der Waals surface area contributed by atoms with E-state index in [1.165, 1.54) is 16.1 Å². The molecular formula is C26H33N7S. The van der Waals surface area contributed by atoms with Gasteiger partial charge in [-0.15, -0.1) is 11.3 Å². The van der Waals surface area contributed by atoms with Crippen LogP contribution in [-0.2, 0) is 6.54 Å². The molecule has 0 aliphatic carbocycles. The van der Waals surface area contributed by atoms with Crippen LogP contribution in [0, 0.1) is 0 Å². The van der Waals surface area contributed by atoms with E-state index in [0.29, 0.717) is 5.95 Å². The van der Waals surface area contributed by atoms with E-state index in [4.69, 9.17) is 9.97 Å². The Morgan fingerprint density at radius 3 is 2.53 bits per heavy atom. The minimum absolute atomic E-state index is 0.607. The molecular weight excluding hydrogens is 442 g/mol. The van der Waals surface area contributed by atoms with Crippen molar-refractivity contribution in [2.45, 2.75) is 20.4 Å². The second kappa shape index (κ2) is 10.1. The average molecular weight is 476 g/mol. The Morgan fingerprint density at radius 2 is 1.79 bits per heavy atom. The van der Waals surface area contributed by atoms with Crippen LogP contribution in [0.15, 0.2) is 48.0 Å². The molecule has 2 N–H and O–H groups in total. The highest BCUT2D eigenvalue weighted by Crippen LogP contribution is 2.33.